The van der Waals surface area contributed by atoms with Gasteiger partial charge in [0.25, 0.3) is 0 Å². The topological polar surface area (TPSA) is 35.0 Å². The molecule has 11 rings (SSSR count). The highest BCUT2D eigenvalue weighted by atomic mass is 32.1. The molecule has 3 nitrogen and oxygen atoms in total. The molecule has 0 spiro atoms. The second kappa shape index (κ2) is 12.4. The van der Waals surface area contributed by atoms with Crippen molar-refractivity contribution >= 4 is 42.4 Å². The van der Waals surface area contributed by atoms with E-state index in [1.807, 2.05) is 0 Å². The monoisotopic (exact) mass is 706 g/mol. The summed E-state index contributed by atoms with van der Waals surface area (Å²) >= 11 is 1.75. The van der Waals surface area contributed by atoms with Crippen LogP contribution < -0.4 is 4.74 Å². The lowest BCUT2D eigenvalue weighted by Crippen LogP contribution is -2.01. The molecule has 4 heteroatoms. The number of rotatable bonds is 5. The summed E-state index contributed by atoms with van der Waals surface area (Å²) in [6.07, 6.45) is 0. The number of ether oxygens (including phenoxy) is 1. The van der Waals surface area contributed by atoms with Crippen LogP contribution in [0.4, 0.5) is 0 Å². The van der Waals surface area contributed by atoms with Gasteiger partial charge in [0.2, 0.25) is 0 Å². The molecule has 0 radical (unpaired) electrons. The number of hydrogen-bond donors (Lipinski definition) is 0. The molecular weight excluding hydrogens is 677 g/mol. The molecule has 0 saturated carbocycles. The minimum Gasteiger partial charge on any atom is -0.456 e. The maximum absolute atomic E-state index is 6.75. The molecule has 0 bridgehead atoms. The average molecular weight is 707 g/mol. The van der Waals surface area contributed by atoms with Crippen molar-refractivity contribution < 1.29 is 4.74 Å². The summed E-state index contributed by atoms with van der Waals surface area (Å²) in [7, 11) is 0. The van der Waals surface area contributed by atoms with Gasteiger partial charge in [0, 0.05) is 32.2 Å². The maximum Gasteiger partial charge on any atom is 0.161 e. The summed E-state index contributed by atoms with van der Waals surface area (Å²) in [5.74, 6) is 2.34. The molecule has 10 aromatic rings. The van der Waals surface area contributed by atoms with Crippen molar-refractivity contribution in [2.45, 2.75) is 0 Å². The zero-order valence-electron chi connectivity index (χ0n) is 29.0. The first kappa shape index (κ1) is 30.7. The molecule has 3 heterocycles. The van der Waals surface area contributed by atoms with E-state index in [9.17, 15) is 0 Å². The third-order valence-corrected chi connectivity index (χ3v) is 11.7. The SMILES string of the molecule is c1ccc(-c2ccc(-c3nc(-c4cccc5c4-c4cccc6c(-c7cccc(-c8ccccc8)c7)ccc(c46)O5)nc4c3sc3ccccc34)cc2)cc1. The first-order valence-electron chi connectivity index (χ1n) is 18.2. The fraction of sp³-hybridized carbons (Fsp3) is 0. The molecule has 0 saturated heterocycles. The molecule has 2 aromatic heterocycles. The van der Waals surface area contributed by atoms with Gasteiger partial charge in [0.15, 0.2) is 5.82 Å². The molecule has 1 aliphatic rings. The van der Waals surface area contributed by atoms with E-state index in [1.165, 1.54) is 38.1 Å². The zero-order chi connectivity index (χ0) is 35.6. The third kappa shape index (κ3) is 4.96. The molecular formula is C50H30N2OS. The van der Waals surface area contributed by atoms with Gasteiger partial charge in [0.1, 0.15) is 11.5 Å². The number of fused-ring (bicyclic) bond motifs is 5. The van der Waals surface area contributed by atoms with Crippen molar-refractivity contribution in [1.29, 1.82) is 0 Å². The van der Waals surface area contributed by atoms with Crippen molar-refractivity contribution in [3.8, 4) is 78.7 Å². The van der Waals surface area contributed by atoms with Gasteiger partial charge in [-0.1, -0.05) is 158 Å². The predicted molar refractivity (Wildman–Crippen MR) is 225 cm³/mol. The number of aromatic nitrogens is 2. The van der Waals surface area contributed by atoms with Crippen molar-refractivity contribution in [2.75, 3.05) is 0 Å². The number of nitrogens with zero attached hydrogens (tertiary/aromatic N) is 2. The molecule has 0 N–H and O–H groups in total. The van der Waals surface area contributed by atoms with Crippen LogP contribution >= 0.6 is 11.3 Å². The standard InChI is InChI=1S/C50H30N2OS/c1-3-12-31(13-4-1)33-24-26-34(27-25-33)47-49-48(39-18-7-8-23-44(39)54-49)52-50(51-47)41-21-11-22-42-46(41)40-20-10-19-38-37(28-29-43(53-42)45(38)40)36-17-9-16-35(30-36)32-14-5-2-6-15-32/h1-30H. The Morgan fingerprint density at radius 1 is 0.407 bits per heavy atom. The molecule has 0 aliphatic carbocycles. The Labute approximate surface area is 316 Å². The summed E-state index contributed by atoms with van der Waals surface area (Å²) in [6, 6.07) is 64.2. The fourth-order valence-corrected chi connectivity index (χ4v) is 9.13. The van der Waals surface area contributed by atoms with Gasteiger partial charge >= 0.3 is 0 Å². The highest BCUT2D eigenvalue weighted by Gasteiger charge is 2.26. The lowest BCUT2D eigenvalue weighted by atomic mass is 9.88. The normalized spacial score (nSPS) is 11.9. The molecule has 8 aromatic carbocycles. The smallest absolute Gasteiger partial charge is 0.161 e. The van der Waals surface area contributed by atoms with Crippen LogP contribution in [0.25, 0.3) is 98.2 Å². The Bertz CT molecular complexity index is 3060. The van der Waals surface area contributed by atoms with Crippen LogP contribution in [0.2, 0.25) is 0 Å². The Morgan fingerprint density at radius 2 is 1.04 bits per heavy atom. The van der Waals surface area contributed by atoms with Crippen molar-refractivity contribution in [3.63, 3.8) is 0 Å². The Balaban J connectivity index is 1.10. The average Bonchev–Trinajstić information content (AvgIpc) is 3.63. The summed E-state index contributed by atoms with van der Waals surface area (Å²) < 4.78 is 9.04. The zero-order valence-corrected chi connectivity index (χ0v) is 29.8. The highest BCUT2D eigenvalue weighted by Crippen LogP contribution is 2.52. The number of hydrogen-bond acceptors (Lipinski definition) is 4. The van der Waals surface area contributed by atoms with E-state index in [-0.39, 0.29) is 0 Å². The van der Waals surface area contributed by atoms with E-state index < -0.39 is 0 Å². The minimum atomic E-state index is 0.681. The van der Waals surface area contributed by atoms with Gasteiger partial charge in [0.05, 0.1) is 15.9 Å². The van der Waals surface area contributed by atoms with E-state index in [0.29, 0.717) is 5.82 Å². The van der Waals surface area contributed by atoms with Crippen LogP contribution in [-0.4, -0.2) is 9.97 Å². The summed E-state index contributed by atoms with van der Waals surface area (Å²) in [6.45, 7) is 0. The van der Waals surface area contributed by atoms with Gasteiger partial charge in [-0.3, -0.25) is 0 Å². The van der Waals surface area contributed by atoms with Crippen LogP contribution in [0.15, 0.2) is 182 Å². The lowest BCUT2D eigenvalue weighted by Gasteiger charge is -2.24. The summed E-state index contributed by atoms with van der Waals surface area (Å²) in [4.78, 5) is 10.8. The van der Waals surface area contributed by atoms with Gasteiger partial charge < -0.3 is 4.74 Å². The molecule has 252 valence electrons. The van der Waals surface area contributed by atoms with Crippen molar-refractivity contribution in [3.05, 3.63) is 182 Å². The molecule has 54 heavy (non-hydrogen) atoms. The largest absolute Gasteiger partial charge is 0.456 e. The van der Waals surface area contributed by atoms with Crippen LogP contribution in [0.5, 0.6) is 11.5 Å². The second-order valence-corrected chi connectivity index (χ2v) is 14.7. The van der Waals surface area contributed by atoms with Crippen LogP contribution in [0.3, 0.4) is 0 Å². The minimum absolute atomic E-state index is 0.681. The predicted octanol–water partition coefficient (Wildman–Crippen LogP) is 14.1. The summed E-state index contributed by atoms with van der Waals surface area (Å²) in [5, 5.41) is 3.38. The second-order valence-electron chi connectivity index (χ2n) is 13.7. The van der Waals surface area contributed by atoms with E-state index in [4.69, 9.17) is 14.7 Å². The van der Waals surface area contributed by atoms with Crippen molar-refractivity contribution in [1.82, 2.24) is 9.97 Å². The quantitative estimate of drug-likeness (QED) is 0.179. The molecule has 0 fully saturated rings. The number of thiophene rings is 1. The van der Waals surface area contributed by atoms with Gasteiger partial charge in [-0.25, -0.2) is 9.97 Å². The molecule has 0 amide bonds. The van der Waals surface area contributed by atoms with E-state index in [1.54, 1.807) is 11.3 Å². The lowest BCUT2D eigenvalue weighted by molar-refractivity contribution is 0.487. The van der Waals surface area contributed by atoms with E-state index in [2.05, 4.69) is 182 Å². The van der Waals surface area contributed by atoms with E-state index in [0.717, 1.165) is 65.8 Å². The number of benzene rings is 8. The van der Waals surface area contributed by atoms with Crippen LogP contribution in [0, 0.1) is 0 Å². The Morgan fingerprint density at radius 3 is 1.87 bits per heavy atom. The Kier molecular flexibility index (Phi) is 7.04. The van der Waals surface area contributed by atoms with Gasteiger partial charge in [-0.05, 0) is 68.6 Å². The van der Waals surface area contributed by atoms with Crippen LogP contribution in [0.1, 0.15) is 0 Å². The molecule has 0 unspecified atom stereocenters. The first-order valence-corrected chi connectivity index (χ1v) is 19.0. The third-order valence-electron chi connectivity index (χ3n) is 10.5. The van der Waals surface area contributed by atoms with Crippen molar-refractivity contribution in [2.24, 2.45) is 0 Å². The first-order chi connectivity index (χ1) is 26.8. The van der Waals surface area contributed by atoms with E-state index >= 15 is 0 Å². The van der Waals surface area contributed by atoms with Gasteiger partial charge in [-0.15, -0.1) is 11.3 Å². The molecule has 0 atom stereocenters. The van der Waals surface area contributed by atoms with Gasteiger partial charge in [-0.2, -0.15) is 0 Å². The Hall–Kier alpha value is -6.88. The maximum atomic E-state index is 6.75. The fourth-order valence-electron chi connectivity index (χ4n) is 7.97. The summed E-state index contributed by atoms with van der Waals surface area (Å²) in [5.41, 5.74) is 13.1. The molecule has 1 aliphatic heterocycles. The highest BCUT2D eigenvalue weighted by molar-refractivity contribution is 7.26. The van der Waals surface area contributed by atoms with Crippen LogP contribution in [-0.2, 0) is 0 Å².